The van der Waals surface area contributed by atoms with E-state index in [1.165, 1.54) is 167 Å². The molecule has 1 aliphatic rings. The number of hydrogen-bond donors (Lipinski definition) is 0. The quantitative estimate of drug-likeness (QED) is 0.0312. The van der Waals surface area contributed by atoms with Crippen LogP contribution in [-0.2, 0) is 42.2 Å². The van der Waals surface area contributed by atoms with Gasteiger partial charge in [-0.1, -0.05) is 207 Å². The van der Waals surface area contributed by atoms with Crippen molar-refractivity contribution in [3.63, 3.8) is 0 Å². The van der Waals surface area contributed by atoms with Crippen molar-refractivity contribution in [1.29, 1.82) is 0 Å². The van der Waals surface area contributed by atoms with Crippen molar-refractivity contribution < 1.29 is 21.2 Å². The maximum absolute atomic E-state index is 12.2. The Kier molecular flexibility index (Phi) is 35.7. The summed E-state index contributed by atoms with van der Waals surface area (Å²) >= 11 is 0. The molecule has 0 unspecified atom stereocenters. The van der Waals surface area contributed by atoms with E-state index in [-0.39, 0.29) is 16.5 Å². The van der Waals surface area contributed by atoms with Crippen LogP contribution in [0.4, 0.5) is 0 Å². The Morgan fingerprint density at radius 1 is 0.429 bits per heavy atom. The van der Waals surface area contributed by atoms with Gasteiger partial charge in [0.05, 0.1) is 0 Å². The number of nitrogens with zero attached hydrogens (tertiary/aromatic N) is 2. The van der Waals surface area contributed by atoms with Crippen LogP contribution in [0.3, 0.4) is 0 Å². The second-order valence-corrected chi connectivity index (χ2v) is 32.4. The van der Waals surface area contributed by atoms with Crippen LogP contribution in [0.25, 0.3) is 16.9 Å². The average Bonchev–Trinajstić information content (AvgIpc) is 3.57. The molecule has 0 spiro atoms. The van der Waals surface area contributed by atoms with Crippen LogP contribution in [-0.4, -0.2) is 20.8 Å². The van der Waals surface area contributed by atoms with E-state index in [1.54, 1.807) is 4.70 Å². The van der Waals surface area contributed by atoms with E-state index in [4.69, 9.17) is 0 Å². The van der Waals surface area contributed by atoms with Gasteiger partial charge in [0, 0.05) is 38.9 Å². The van der Waals surface area contributed by atoms with Crippen LogP contribution in [0, 0.1) is 13.8 Å². The molecule has 2 nitrogen and oxygen atoms in total. The topological polar surface area (TPSA) is 25.3 Å². The second-order valence-electron chi connectivity index (χ2n) is 21.2. The molecule has 362 valence electrons. The molecule has 2 aromatic rings. The number of hydrogen-bond acceptors (Lipinski definition) is 0. The zero-order valence-corrected chi connectivity index (χ0v) is 46.7. The van der Waals surface area contributed by atoms with Crippen LogP contribution < -0.4 is 0 Å². The van der Waals surface area contributed by atoms with E-state index < -0.39 is 16.1 Å². The van der Waals surface area contributed by atoms with Crippen LogP contribution in [0.5, 0.6) is 0 Å². The van der Waals surface area contributed by atoms with Crippen LogP contribution >= 0.6 is 0 Å². The summed E-state index contributed by atoms with van der Waals surface area (Å²) in [5, 5.41) is 0. The van der Waals surface area contributed by atoms with Gasteiger partial charge in [0.15, 0.2) is 0 Å². The smallest absolute Gasteiger partial charge is 0.493 e. The van der Waals surface area contributed by atoms with Gasteiger partial charge < -0.3 is 19.4 Å². The predicted molar refractivity (Wildman–Crippen MR) is 288 cm³/mol. The van der Waals surface area contributed by atoms with Gasteiger partial charge in [-0.25, -0.2) is 4.70 Å². The summed E-state index contributed by atoms with van der Waals surface area (Å²) in [7, 11) is -2.35. The molecule has 0 aliphatic carbocycles. The number of benzene rings is 2. The summed E-state index contributed by atoms with van der Waals surface area (Å²) in [6.07, 6.45) is 36.1. The molecule has 5 heteroatoms. The fraction of sp³-hybridized carbons (Fsp3) is 0.690. The third kappa shape index (κ3) is 29.0. The van der Waals surface area contributed by atoms with E-state index in [2.05, 4.69) is 130 Å². The zero-order valence-electron chi connectivity index (χ0n) is 43.7. The van der Waals surface area contributed by atoms with Gasteiger partial charge in [-0.15, -0.1) is 0 Å². The second kappa shape index (κ2) is 36.6. The maximum atomic E-state index is 12.2. The van der Waals surface area contributed by atoms with Crippen molar-refractivity contribution in [2.24, 2.45) is 0 Å². The SMILES string of the molecule is CCCCCCCCc1cc(CC[Si](C)(C)C)cc(C2=CC(CCCC)=C(c3cc(CCCCCCCC)cc(CC[Si](C)(C)C)c3)[N+]2=[N-])c1.[CH2-]CCCCC.[CH2-]CCCCC.[Ni+2]. The Labute approximate surface area is 406 Å². The molecule has 0 atom stereocenters. The van der Waals surface area contributed by atoms with Crippen LogP contribution in [0.2, 0.25) is 51.4 Å². The van der Waals surface area contributed by atoms with Crippen molar-refractivity contribution in [3.8, 4) is 0 Å². The number of rotatable bonds is 31. The van der Waals surface area contributed by atoms with Crippen molar-refractivity contribution in [3.05, 3.63) is 101 Å². The molecule has 1 aliphatic heterocycles. The van der Waals surface area contributed by atoms with Gasteiger partial charge in [0.1, 0.15) is 0 Å². The van der Waals surface area contributed by atoms with Gasteiger partial charge in [0.25, 0.3) is 0 Å². The first kappa shape index (κ1) is 61.4. The molecule has 0 saturated heterocycles. The fourth-order valence-electron chi connectivity index (χ4n) is 8.12. The summed E-state index contributed by atoms with van der Waals surface area (Å²) in [6, 6.07) is 17.2. The fourth-order valence-corrected chi connectivity index (χ4v) is 10.2. The molecule has 0 radical (unpaired) electrons. The first-order valence-corrected chi connectivity index (χ1v) is 33.9. The first-order chi connectivity index (χ1) is 29.7. The summed E-state index contributed by atoms with van der Waals surface area (Å²) in [5.74, 6) is 0. The van der Waals surface area contributed by atoms with E-state index in [0.29, 0.717) is 0 Å². The molecule has 1 heterocycles. The molecule has 0 N–H and O–H groups in total. The van der Waals surface area contributed by atoms with Crippen molar-refractivity contribution in [1.82, 2.24) is 0 Å². The number of aryl methyl sites for hydroxylation is 4. The monoisotopic (exact) mass is 941 g/mol. The van der Waals surface area contributed by atoms with Crippen molar-refractivity contribution in [2.45, 2.75) is 259 Å². The summed E-state index contributed by atoms with van der Waals surface area (Å²) in [4.78, 5) is 0. The molecular weight excluding hydrogens is 840 g/mol. The summed E-state index contributed by atoms with van der Waals surface area (Å²) < 4.78 is 1.59. The predicted octanol–water partition coefficient (Wildman–Crippen LogP) is 20.0. The summed E-state index contributed by atoms with van der Waals surface area (Å²) in [6.45, 7) is 33.6. The Hall–Kier alpha value is -1.55. The van der Waals surface area contributed by atoms with Gasteiger partial charge in [0.2, 0.25) is 11.4 Å². The minimum Gasteiger partial charge on any atom is -0.493 e. The van der Waals surface area contributed by atoms with Gasteiger partial charge in [-0.3, -0.25) is 0 Å². The maximum Gasteiger partial charge on any atom is 2.00 e. The Morgan fingerprint density at radius 2 is 0.778 bits per heavy atom. The van der Waals surface area contributed by atoms with E-state index in [9.17, 15) is 5.53 Å². The molecular formula is C58H102N2NiSi2. The standard InChI is InChI=1S/C46H76N2Si2.2C6H13.Ni/c1-10-13-16-18-20-22-24-38-31-40(27-29-49(4,5)6)34-43(33-38)45-37-42(26-15-12-3)46(48(45)47)44-35-39(25-23-21-19-17-14-11-2)32-41(36-44)28-30-50(7,8)9;2*1-3-5-6-4-2;/h31-37H,10-30H2,1-9H3;2*1,3-6H2,2H3;/q;2*-1;+2. The Morgan fingerprint density at radius 3 is 1.14 bits per heavy atom. The van der Waals surface area contributed by atoms with Crippen LogP contribution in [0.1, 0.15) is 216 Å². The minimum absolute atomic E-state index is 0. The largest absolute Gasteiger partial charge is 2.00 e. The van der Waals surface area contributed by atoms with E-state index >= 15 is 0 Å². The molecule has 0 bridgehead atoms. The molecule has 2 aromatic carbocycles. The van der Waals surface area contributed by atoms with Gasteiger partial charge in [-0.05, 0) is 97.9 Å². The molecule has 0 saturated carbocycles. The average molecular weight is 942 g/mol. The normalized spacial score (nSPS) is 12.7. The molecule has 0 aromatic heterocycles. The minimum atomic E-state index is -1.18. The third-order valence-electron chi connectivity index (χ3n) is 12.2. The molecule has 3 rings (SSSR count). The Bertz CT molecular complexity index is 1530. The molecule has 0 fully saturated rings. The van der Waals surface area contributed by atoms with Crippen LogP contribution in [0.15, 0.2) is 48.0 Å². The Balaban J connectivity index is 0.00000259. The molecule has 0 amide bonds. The van der Waals surface area contributed by atoms with Gasteiger partial charge in [-0.2, -0.15) is 12.8 Å². The number of unbranched alkanes of at least 4 members (excludes halogenated alkanes) is 17. The van der Waals surface area contributed by atoms with E-state index in [1.807, 2.05) is 0 Å². The van der Waals surface area contributed by atoms with Crippen molar-refractivity contribution in [2.75, 3.05) is 0 Å². The first-order valence-electron chi connectivity index (χ1n) is 26.4. The van der Waals surface area contributed by atoms with Gasteiger partial charge >= 0.3 is 16.5 Å². The third-order valence-corrected chi connectivity index (χ3v) is 15.7. The molecule has 63 heavy (non-hydrogen) atoms. The summed E-state index contributed by atoms with van der Waals surface area (Å²) in [5.41, 5.74) is 23.7. The zero-order chi connectivity index (χ0) is 46.2. The van der Waals surface area contributed by atoms with E-state index in [0.717, 1.165) is 69.2 Å². The number of allylic oxidation sites excluding steroid dienone is 2. The van der Waals surface area contributed by atoms with Crippen molar-refractivity contribution >= 4 is 27.5 Å².